The second-order valence-electron chi connectivity index (χ2n) is 5.35. The first-order chi connectivity index (χ1) is 11.8. The SMILES string of the molecule is COc1cc(Cl)c(C)cc1NS(=O)(=O)c1ccc(F)c2ncccc12. The fourth-order valence-corrected chi connectivity index (χ4v) is 3.87. The number of anilines is 1. The molecule has 0 fully saturated rings. The first kappa shape index (κ1) is 17.4. The van der Waals surface area contributed by atoms with Crippen molar-refractivity contribution in [1.29, 1.82) is 0 Å². The lowest BCUT2D eigenvalue weighted by atomic mass is 10.2. The lowest BCUT2D eigenvalue weighted by Crippen LogP contribution is -2.14. The maximum atomic E-state index is 13.9. The van der Waals surface area contributed by atoms with E-state index in [0.29, 0.717) is 10.6 Å². The number of pyridine rings is 1. The van der Waals surface area contributed by atoms with Crippen LogP contribution in [0.2, 0.25) is 5.02 Å². The van der Waals surface area contributed by atoms with Crippen LogP contribution in [0.25, 0.3) is 10.9 Å². The summed E-state index contributed by atoms with van der Waals surface area (Å²) in [5.41, 5.74) is 0.918. The Labute approximate surface area is 149 Å². The lowest BCUT2D eigenvalue weighted by Gasteiger charge is -2.14. The van der Waals surface area contributed by atoms with Crippen LogP contribution in [0.4, 0.5) is 10.1 Å². The van der Waals surface area contributed by atoms with Crippen LogP contribution < -0.4 is 9.46 Å². The van der Waals surface area contributed by atoms with Crippen molar-refractivity contribution >= 4 is 38.2 Å². The van der Waals surface area contributed by atoms with Gasteiger partial charge in [0.25, 0.3) is 10.0 Å². The van der Waals surface area contributed by atoms with Crippen molar-refractivity contribution in [3.05, 3.63) is 59.0 Å². The van der Waals surface area contributed by atoms with Gasteiger partial charge in [0.05, 0.1) is 17.7 Å². The predicted octanol–water partition coefficient (Wildman–Crippen LogP) is 4.15. The molecule has 0 saturated carbocycles. The molecule has 0 unspecified atom stereocenters. The van der Waals surface area contributed by atoms with Crippen molar-refractivity contribution in [3.63, 3.8) is 0 Å². The largest absolute Gasteiger partial charge is 0.495 e. The minimum absolute atomic E-state index is 0.00960. The maximum absolute atomic E-state index is 13.9. The number of hydrogen-bond acceptors (Lipinski definition) is 4. The van der Waals surface area contributed by atoms with Crippen molar-refractivity contribution < 1.29 is 17.5 Å². The Hall–Kier alpha value is -2.38. The number of aromatic nitrogens is 1. The van der Waals surface area contributed by atoms with Gasteiger partial charge in [0.2, 0.25) is 0 Å². The van der Waals surface area contributed by atoms with Crippen molar-refractivity contribution in [2.24, 2.45) is 0 Å². The van der Waals surface area contributed by atoms with Gasteiger partial charge in [-0.1, -0.05) is 11.6 Å². The zero-order valence-electron chi connectivity index (χ0n) is 13.4. The Balaban J connectivity index is 2.13. The third-order valence-electron chi connectivity index (χ3n) is 3.70. The number of methoxy groups -OCH3 is 1. The summed E-state index contributed by atoms with van der Waals surface area (Å²) < 4.78 is 47.2. The van der Waals surface area contributed by atoms with E-state index in [4.69, 9.17) is 16.3 Å². The molecule has 25 heavy (non-hydrogen) atoms. The second kappa shape index (κ2) is 6.50. The van der Waals surface area contributed by atoms with E-state index < -0.39 is 15.8 Å². The average molecular weight is 381 g/mol. The summed E-state index contributed by atoms with van der Waals surface area (Å²) in [4.78, 5) is 3.83. The van der Waals surface area contributed by atoms with Gasteiger partial charge in [-0.3, -0.25) is 9.71 Å². The standard InChI is InChI=1S/C17H14ClFN2O3S/c1-10-8-14(15(24-2)9-12(10)18)21-25(22,23)16-6-5-13(19)17-11(16)4-3-7-20-17/h3-9,21H,1-2H3. The van der Waals surface area contributed by atoms with E-state index in [1.54, 1.807) is 19.1 Å². The fraction of sp³-hybridized carbons (Fsp3) is 0.118. The molecule has 3 aromatic rings. The molecule has 0 aliphatic carbocycles. The Morgan fingerprint density at radius 2 is 2.00 bits per heavy atom. The fourth-order valence-electron chi connectivity index (χ4n) is 2.46. The van der Waals surface area contributed by atoms with Gasteiger partial charge in [0.1, 0.15) is 17.1 Å². The molecule has 0 atom stereocenters. The molecule has 0 amide bonds. The van der Waals surface area contributed by atoms with Gasteiger partial charge < -0.3 is 4.74 Å². The first-order valence-electron chi connectivity index (χ1n) is 7.23. The first-order valence-corrected chi connectivity index (χ1v) is 9.10. The molecule has 0 saturated heterocycles. The van der Waals surface area contributed by atoms with Gasteiger partial charge in [0, 0.05) is 22.7 Å². The van der Waals surface area contributed by atoms with Crippen LogP contribution in [0.15, 0.2) is 47.5 Å². The highest BCUT2D eigenvalue weighted by molar-refractivity contribution is 7.93. The van der Waals surface area contributed by atoms with Crippen LogP contribution in [0.1, 0.15) is 5.56 Å². The van der Waals surface area contributed by atoms with Gasteiger partial charge >= 0.3 is 0 Å². The molecule has 1 aromatic heterocycles. The van der Waals surface area contributed by atoms with Gasteiger partial charge in [-0.2, -0.15) is 0 Å². The summed E-state index contributed by atoms with van der Waals surface area (Å²) in [7, 11) is -2.59. The molecular formula is C17H14ClFN2O3S. The van der Waals surface area contributed by atoms with Gasteiger partial charge in [-0.15, -0.1) is 0 Å². The highest BCUT2D eigenvalue weighted by Crippen LogP contribution is 2.33. The molecule has 0 radical (unpaired) electrons. The molecule has 0 aliphatic rings. The minimum atomic E-state index is -4.00. The van der Waals surface area contributed by atoms with Crippen LogP contribution in [-0.2, 0) is 10.0 Å². The predicted molar refractivity (Wildman–Crippen MR) is 95.3 cm³/mol. The third-order valence-corrected chi connectivity index (χ3v) is 5.53. The summed E-state index contributed by atoms with van der Waals surface area (Å²) >= 11 is 6.04. The Morgan fingerprint density at radius 3 is 2.72 bits per heavy atom. The van der Waals surface area contributed by atoms with Crippen LogP contribution in [0.3, 0.4) is 0 Å². The number of hydrogen-bond donors (Lipinski definition) is 1. The van der Waals surface area contributed by atoms with E-state index in [2.05, 4.69) is 9.71 Å². The number of nitrogens with one attached hydrogen (secondary N) is 1. The maximum Gasteiger partial charge on any atom is 0.262 e. The molecule has 1 heterocycles. The Kier molecular flexibility index (Phi) is 4.53. The topological polar surface area (TPSA) is 68.3 Å². The average Bonchev–Trinajstić information content (AvgIpc) is 2.58. The van der Waals surface area contributed by atoms with E-state index in [1.165, 1.54) is 31.5 Å². The monoisotopic (exact) mass is 380 g/mol. The van der Waals surface area contributed by atoms with Gasteiger partial charge in [-0.05, 0) is 42.8 Å². The smallest absolute Gasteiger partial charge is 0.262 e. The van der Waals surface area contributed by atoms with E-state index >= 15 is 0 Å². The van der Waals surface area contributed by atoms with E-state index in [0.717, 1.165) is 6.07 Å². The number of rotatable bonds is 4. The number of halogens is 2. The number of nitrogens with zero attached hydrogens (tertiary/aromatic N) is 1. The zero-order valence-corrected chi connectivity index (χ0v) is 15.0. The lowest BCUT2D eigenvalue weighted by molar-refractivity contribution is 0.417. The molecular weight excluding hydrogens is 367 g/mol. The molecule has 0 aliphatic heterocycles. The number of benzene rings is 2. The van der Waals surface area contributed by atoms with Crippen LogP contribution in [0.5, 0.6) is 5.75 Å². The molecule has 3 rings (SSSR count). The molecule has 0 spiro atoms. The minimum Gasteiger partial charge on any atom is -0.495 e. The summed E-state index contributed by atoms with van der Waals surface area (Å²) in [6.45, 7) is 1.75. The van der Waals surface area contributed by atoms with Crippen LogP contribution in [-0.4, -0.2) is 20.5 Å². The van der Waals surface area contributed by atoms with Crippen molar-refractivity contribution in [2.45, 2.75) is 11.8 Å². The highest BCUT2D eigenvalue weighted by atomic mass is 35.5. The number of aryl methyl sites for hydroxylation is 1. The molecule has 0 bridgehead atoms. The highest BCUT2D eigenvalue weighted by Gasteiger charge is 2.21. The quantitative estimate of drug-likeness (QED) is 0.738. The summed E-state index contributed by atoms with van der Waals surface area (Å²) in [5, 5.41) is 0.649. The summed E-state index contributed by atoms with van der Waals surface area (Å²) in [5.74, 6) is -0.307. The molecule has 1 N–H and O–H groups in total. The Morgan fingerprint density at radius 1 is 1.24 bits per heavy atom. The van der Waals surface area contributed by atoms with Gasteiger partial charge in [0.15, 0.2) is 0 Å². The number of fused-ring (bicyclic) bond motifs is 1. The normalized spacial score (nSPS) is 11.5. The zero-order chi connectivity index (χ0) is 18.2. The van der Waals surface area contributed by atoms with E-state index in [9.17, 15) is 12.8 Å². The van der Waals surface area contributed by atoms with E-state index in [1.807, 2.05) is 0 Å². The number of ether oxygens (including phenoxy) is 1. The summed E-state index contributed by atoms with van der Waals surface area (Å²) in [6.07, 6.45) is 1.40. The van der Waals surface area contributed by atoms with Crippen molar-refractivity contribution in [2.75, 3.05) is 11.8 Å². The van der Waals surface area contributed by atoms with Crippen LogP contribution >= 0.6 is 11.6 Å². The molecule has 130 valence electrons. The number of sulfonamides is 1. The van der Waals surface area contributed by atoms with Crippen molar-refractivity contribution in [3.8, 4) is 5.75 Å². The molecule has 8 heteroatoms. The summed E-state index contributed by atoms with van der Waals surface area (Å²) in [6, 6.07) is 8.44. The second-order valence-corrected chi connectivity index (χ2v) is 7.41. The Bertz CT molecular complexity index is 1070. The van der Waals surface area contributed by atoms with Crippen molar-refractivity contribution in [1.82, 2.24) is 4.98 Å². The van der Waals surface area contributed by atoms with Crippen LogP contribution in [0, 0.1) is 12.7 Å². The third kappa shape index (κ3) is 3.25. The van der Waals surface area contributed by atoms with Gasteiger partial charge in [-0.25, -0.2) is 12.8 Å². The van der Waals surface area contributed by atoms with E-state index in [-0.39, 0.29) is 27.2 Å². The molecule has 2 aromatic carbocycles. The molecule has 5 nitrogen and oxygen atoms in total.